The van der Waals surface area contributed by atoms with Crippen LogP contribution in [0, 0.1) is 0 Å². The van der Waals surface area contributed by atoms with Crippen molar-refractivity contribution in [2.45, 2.75) is 71.6 Å². The van der Waals surface area contributed by atoms with Gasteiger partial charge in [-0.1, -0.05) is 58.8 Å². The Kier molecular flexibility index (Phi) is 10.1. The van der Waals surface area contributed by atoms with Crippen LogP contribution in [0.15, 0.2) is 0 Å². The van der Waals surface area contributed by atoms with Gasteiger partial charge in [0.05, 0.1) is 11.5 Å². The first kappa shape index (κ1) is 16.0. The maximum Gasteiger partial charge on any atom is 0.150 e. The zero-order valence-corrected chi connectivity index (χ0v) is 11.8. The third kappa shape index (κ3) is 10.5. The van der Waals surface area contributed by atoms with Gasteiger partial charge >= 0.3 is 0 Å². The molecule has 0 N–H and O–H groups in total. The summed E-state index contributed by atoms with van der Waals surface area (Å²) in [7, 11) is -2.75. The van der Waals surface area contributed by atoms with E-state index < -0.39 is 9.84 Å². The Balaban J connectivity index is 3.47. The Morgan fingerprint density at radius 3 is 1.44 bits per heavy atom. The highest BCUT2D eigenvalue weighted by atomic mass is 32.2. The summed E-state index contributed by atoms with van der Waals surface area (Å²) in [6, 6.07) is 0. The summed E-state index contributed by atoms with van der Waals surface area (Å²) < 4.78 is 23.3. The molecule has 0 aliphatic heterocycles. The number of rotatable bonds is 11. The molecule has 0 aromatic carbocycles. The molecule has 98 valence electrons. The molecule has 0 aliphatic rings. The lowest BCUT2D eigenvalue weighted by molar-refractivity contribution is 0.580. The van der Waals surface area contributed by atoms with E-state index in [1.807, 2.05) is 0 Å². The summed E-state index contributed by atoms with van der Waals surface area (Å²) in [4.78, 5) is 0. The Bertz CT molecular complexity index is 232. The largest absolute Gasteiger partial charge is 0.229 e. The maximum absolute atomic E-state index is 11.6. The number of hydrogen-bond acceptors (Lipinski definition) is 2. The molecule has 0 radical (unpaired) electrons. The molecular formula is C13H28O2S. The molecule has 0 amide bonds. The molecule has 0 rings (SSSR count). The predicted molar refractivity (Wildman–Crippen MR) is 71.6 cm³/mol. The highest BCUT2D eigenvalue weighted by Crippen LogP contribution is 2.07. The van der Waals surface area contributed by atoms with Crippen LogP contribution in [0.3, 0.4) is 0 Å². The number of sulfone groups is 1. The summed E-state index contributed by atoms with van der Waals surface area (Å²) in [5.74, 6) is 0.809. The normalized spacial score (nSPS) is 11.9. The molecule has 0 saturated carbocycles. The van der Waals surface area contributed by atoms with Crippen molar-refractivity contribution in [3.63, 3.8) is 0 Å². The smallest absolute Gasteiger partial charge is 0.150 e. The van der Waals surface area contributed by atoms with Gasteiger partial charge in [-0.25, -0.2) is 8.42 Å². The van der Waals surface area contributed by atoms with Gasteiger partial charge in [0.2, 0.25) is 0 Å². The molecule has 0 saturated heterocycles. The summed E-state index contributed by atoms with van der Waals surface area (Å²) in [5, 5.41) is 0. The van der Waals surface area contributed by atoms with Crippen LogP contribution >= 0.6 is 0 Å². The third-order valence-electron chi connectivity index (χ3n) is 2.87. The lowest BCUT2D eigenvalue weighted by atomic mass is 10.2. The van der Waals surface area contributed by atoms with Gasteiger partial charge in [-0.15, -0.1) is 0 Å². The van der Waals surface area contributed by atoms with Gasteiger partial charge in [0.15, 0.2) is 0 Å². The summed E-state index contributed by atoms with van der Waals surface area (Å²) in [5.41, 5.74) is 0. The van der Waals surface area contributed by atoms with Crippen molar-refractivity contribution in [1.82, 2.24) is 0 Å². The van der Waals surface area contributed by atoms with E-state index in [9.17, 15) is 8.42 Å². The first-order valence-corrected chi connectivity index (χ1v) is 8.65. The Labute approximate surface area is 102 Å². The third-order valence-corrected chi connectivity index (χ3v) is 4.69. The quantitative estimate of drug-likeness (QED) is 0.519. The van der Waals surface area contributed by atoms with E-state index in [2.05, 4.69) is 13.8 Å². The number of unbranched alkanes of at least 4 members (excludes halogenated alkanes) is 7. The molecule has 0 bridgehead atoms. The minimum atomic E-state index is -2.75. The zero-order valence-electron chi connectivity index (χ0n) is 11.0. The highest BCUT2D eigenvalue weighted by molar-refractivity contribution is 7.91. The van der Waals surface area contributed by atoms with Crippen LogP contribution in [0.4, 0.5) is 0 Å². The lowest BCUT2D eigenvalue weighted by Gasteiger charge is -2.04. The molecular weight excluding hydrogens is 220 g/mol. The second kappa shape index (κ2) is 10.1. The fourth-order valence-corrected chi connectivity index (χ4v) is 3.27. The highest BCUT2D eigenvalue weighted by Gasteiger charge is 2.09. The van der Waals surface area contributed by atoms with Gasteiger partial charge in [0, 0.05) is 0 Å². The Morgan fingerprint density at radius 2 is 1.00 bits per heavy atom. The van der Waals surface area contributed by atoms with Crippen molar-refractivity contribution in [2.24, 2.45) is 0 Å². The van der Waals surface area contributed by atoms with Gasteiger partial charge in [0.1, 0.15) is 9.84 Å². The molecule has 0 aromatic rings. The van der Waals surface area contributed by atoms with Gasteiger partial charge in [0.25, 0.3) is 0 Å². The van der Waals surface area contributed by atoms with Crippen molar-refractivity contribution in [3.8, 4) is 0 Å². The van der Waals surface area contributed by atoms with Crippen molar-refractivity contribution >= 4 is 9.84 Å². The van der Waals surface area contributed by atoms with Gasteiger partial charge in [-0.2, -0.15) is 0 Å². The topological polar surface area (TPSA) is 34.1 Å². The van der Waals surface area contributed by atoms with Gasteiger partial charge in [-0.05, 0) is 12.8 Å². The average Bonchev–Trinajstić information content (AvgIpc) is 2.24. The molecule has 0 spiro atoms. The molecule has 16 heavy (non-hydrogen) atoms. The summed E-state index contributed by atoms with van der Waals surface area (Å²) in [6.45, 7) is 4.31. The molecule has 2 nitrogen and oxygen atoms in total. The maximum atomic E-state index is 11.6. The molecule has 0 unspecified atom stereocenters. The molecule has 0 heterocycles. The van der Waals surface area contributed by atoms with E-state index in [4.69, 9.17) is 0 Å². The minimum absolute atomic E-state index is 0.404. The van der Waals surface area contributed by atoms with Crippen molar-refractivity contribution in [3.05, 3.63) is 0 Å². The predicted octanol–water partition coefficient (Wildman–Crippen LogP) is 3.95. The molecule has 0 fully saturated rings. The van der Waals surface area contributed by atoms with Crippen LogP contribution in [0.2, 0.25) is 0 Å². The van der Waals surface area contributed by atoms with E-state index in [0.717, 1.165) is 38.5 Å². The van der Waals surface area contributed by atoms with Crippen molar-refractivity contribution < 1.29 is 8.42 Å². The van der Waals surface area contributed by atoms with Crippen molar-refractivity contribution in [1.29, 1.82) is 0 Å². The van der Waals surface area contributed by atoms with Crippen LogP contribution in [0.5, 0.6) is 0 Å². The van der Waals surface area contributed by atoms with E-state index >= 15 is 0 Å². The van der Waals surface area contributed by atoms with Gasteiger partial charge < -0.3 is 0 Å². The average molecular weight is 248 g/mol. The van der Waals surface area contributed by atoms with Gasteiger partial charge in [-0.3, -0.25) is 0 Å². The van der Waals surface area contributed by atoms with Crippen LogP contribution in [0.25, 0.3) is 0 Å². The SMILES string of the molecule is CCCCCCCS(=O)(=O)CCCCCC. The van der Waals surface area contributed by atoms with Crippen LogP contribution in [-0.2, 0) is 9.84 Å². The van der Waals surface area contributed by atoms with E-state index in [-0.39, 0.29) is 0 Å². The molecule has 0 aliphatic carbocycles. The molecule has 0 atom stereocenters. The van der Waals surface area contributed by atoms with Crippen molar-refractivity contribution in [2.75, 3.05) is 11.5 Å². The monoisotopic (exact) mass is 248 g/mol. The lowest BCUT2D eigenvalue weighted by Crippen LogP contribution is -2.11. The summed E-state index contributed by atoms with van der Waals surface area (Å²) in [6.07, 6.45) is 9.79. The fourth-order valence-electron chi connectivity index (χ4n) is 1.78. The van der Waals surface area contributed by atoms with Crippen LogP contribution < -0.4 is 0 Å². The summed E-state index contributed by atoms with van der Waals surface area (Å²) >= 11 is 0. The molecule has 0 aromatic heterocycles. The van der Waals surface area contributed by atoms with Crippen LogP contribution in [0.1, 0.15) is 71.6 Å². The minimum Gasteiger partial charge on any atom is -0.229 e. The number of hydrogen-bond donors (Lipinski definition) is 0. The first-order chi connectivity index (χ1) is 7.62. The Hall–Kier alpha value is -0.0500. The first-order valence-electron chi connectivity index (χ1n) is 6.82. The van der Waals surface area contributed by atoms with Crippen LogP contribution in [-0.4, -0.2) is 19.9 Å². The fraction of sp³-hybridized carbons (Fsp3) is 1.00. The standard InChI is InChI=1S/C13H28O2S/c1-3-5-7-9-11-13-16(14,15)12-10-8-6-4-2/h3-13H2,1-2H3. The van der Waals surface area contributed by atoms with E-state index in [0.29, 0.717) is 11.5 Å². The molecule has 3 heteroatoms. The van der Waals surface area contributed by atoms with E-state index in [1.54, 1.807) is 0 Å². The Morgan fingerprint density at radius 1 is 0.625 bits per heavy atom. The second-order valence-corrected chi connectivity index (χ2v) is 6.93. The van der Waals surface area contributed by atoms with E-state index in [1.165, 1.54) is 19.3 Å². The zero-order chi connectivity index (χ0) is 12.3. The second-order valence-electron chi connectivity index (χ2n) is 4.63.